The molecule has 1 aliphatic heterocycles. The summed E-state index contributed by atoms with van der Waals surface area (Å²) in [5, 5.41) is 31.6. The first-order valence-electron chi connectivity index (χ1n) is 34.2. The Balaban J connectivity index is 2.67. The number of aliphatic hydroxyl groups excluding tert-OH is 2. The molecule has 0 saturated carbocycles. The van der Waals surface area contributed by atoms with E-state index in [-0.39, 0.29) is 25.9 Å². The van der Waals surface area contributed by atoms with Crippen molar-refractivity contribution in [3.63, 3.8) is 0 Å². The van der Waals surface area contributed by atoms with Crippen LogP contribution in [0.4, 0.5) is 0 Å². The predicted molar refractivity (Wildman–Crippen MR) is 349 cm³/mol. The Bertz CT molecular complexity index is 1840. The normalized spacial score (nSPS) is 18.1. The van der Waals surface area contributed by atoms with Gasteiger partial charge in [0.05, 0.1) is 6.61 Å². The van der Waals surface area contributed by atoms with Crippen LogP contribution in [0.15, 0.2) is 97.2 Å². The van der Waals surface area contributed by atoms with E-state index in [9.17, 15) is 34.5 Å². The van der Waals surface area contributed by atoms with Crippen LogP contribution in [0, 0.1) is 0 Å². The number of unbranched alkanes of at least 4 members (excludes halogenated alkanes) is 28. The van der Waals surface area contributed by atoms with Gasteiger partial charge in [0, 0.05) is 19.3 Å². The molecule has 12 heteroatoms. The van der Waals surface area contributed by atoms with E-state index in [1.165, 1.54) is 116 Å². The lowest BCUT2D eigenvalue weighted by Gasteiger charge is -2.40. The minimum absolute atomic E-state index is 0.0170. The minimum Gasteiger partial charge on any atom is -0.479 e. The van der Waals surface area contributed by atoms with Gasteiger partial charge in [0.2, 0.25) is 0 Å². The van der Waals surface area contributed by atoms with Crippen LogP contribution in [0.25, 0.3) is 0 Å². The third-order valence-corrected chi connectivity index (χ3v) is 15.1. The number of aliphatic hydroxyl groups is 2. The van der Waals surface area contributed by atoms with E-state index in [1.54, 1.807) is 0 Å². The molecule has 1 fully saturated rings. The standard InChI is InChI=1S/C73H122O12/c1-4-7-10-13-16-19-22-25-28-31-33-36-38-41-44-47-50-53-56-59-65(74)81-62-64(83-66(75)60-57-54-51-48-45-42-39-35-30-27-24-21-18-15-12-9-6-3)63-82-73-71(69(78)68(77)70(85-73)72(79)80)84-67(76)61-58-55-52-49-46-43-40-37-34-32-29-26-23-20-17-14-11-8-5-2/h8,11,17-18,20-21,25-30,34,37,43,46,64,68-71,73,77-78H,4-7,9-10,12-16,19,22-24,31-33,35-36,38-42,44-45,47-63H2,1-3H3,(H,79,80)/b11-8-,20-17-,21-18-,28-25-,29-26-,30-27-,37-34-,46-43-. The number of hydrogen-bond acceptors (Lipinski definition) is 11. The van der Waals surface area contributed by atoms with E-state index < -0.39 is 67.3 Å². The maximum atomic E-state index is 13.2. The molecule has 0 radical (unpaired) electrons. The highest BCUT2D eigenvalue weighted by molar-refractivity contribution is 5.74. The molecule has 0 amide bonds. The Hall–Kier alpha value is -4.36. The summed E-state index contributed by atoms with van der Waals surface area (Å²) in [5.41, 5.74) is 0. The molecule has 1 heterocycles. The fourth-order valence-electron chi connectivity index (χ4n) is 9.89. The van der Waals surface area contributed by atoms with Gasteiger partial charge in [0.1, 0.15) is 18.8 Å². The van der Waals surface area contributed by atoms with Crippen LogP contribution < -0.4 is 0 Å². The van der Waals surface area contributed by atoms with E-state index in [1.807, 2.05) is 0 Å². The van der Waals surface area contributed by atoms with E-state index >= 15 is 0 Å². The molecule has 6 unspecified atom stereocenters. The Morgan fingerprint density at radius 2 is 0.741 bits per heavy atom. The molecule has 12 nitrogen and oxygen atoms in total. The summed E-state index contributed by atoms with van der Waals surface area (Å²) in [6.07, 6.45) is 67.8. The zero-order valence-corrected chi connectivity index (χ0v) is 53.8. The summed E-state index contributed by atoms with van der Waals surface area (Å²) in [7, 11) is 0. The fraction of sp³-hybridized carbons (Fsp3) is 0.726. The van der Waals surface area contributed by atoms with Crippen molar-refractivity contribution in [1.29, 1.82) is 0 Å². The van der Waals surface area contributed by atoms with Gasteiger partial charge >= 0.3 is 23.9 Å². The largest absolute Gasteiger partial charge is 0.479 e. The minimum atomic E-state index is -1.92. The molecule has 0 spiro atoms. The number of hydrogen-bond donors (Lipinski definition) is 3. The third-order valence-electron chi connectivity index (χ3n) is 15.1. The van der Waals surface area contributed by atoms with Gasteiger partial charge in [-0.2, -0.15) is 0 Å². The van der Waals surface area contributed by atoms with Crippen molar-refractivity contribution in [3.05, 3.63) is 97.2 Å². The van der Waals surface area contributed by atoms with Gasteiger partial charge in [-0.1, -0.05) is 246 Å². The average Bonchev–Trinajstić information content (AvgIpc) is 2.79. The van der Waals surface area contributed by atoms with Crippen LogP contribution in [0.1, 0.15) is 290 Å². The van der Waals surface area contributed by atoms with Gasteiger partial charge < -0.3 is 39.0 Å². The smallest absolute Gasteiger partial charge is 0.335 e. The second-order valence-electron chi connectivity index (χ2n) is 23.1. The van der Waals surface area contributed by atoms with Gasteiger partial charge in [-0.25, -0.2) is 4.79 Å². The molecule has 85 heavy (non-hydrogen) atoms. The first-order valence-corrected chi connectivity index (χ1v) is 34.2. The molecular formula is C73H122O12. The molecule has 0 aromatic carbocycles. The number of carboxylic acids is 1. The van der Waals surface area contributed by atoms with E-state index in [4.69, 9.17) is 23.7 Å². The maximum absolute atomic E-state index is 13.2. The lowest BCUT2D eigenvalue weighted by Crippen LogP contribution is -2.61. The van der Waals surface area contributed by atoms with E-state index in [2.05, 4.69) is 118 Å². The van der Waals surface area contributed by atoms with Gasteiger partial charge in [-0.3, -0.25) is 14.4 Å². The van der Waals surface area contributed by atoms with Gasteiger partial charge in [0.25, 0.3) is 0 Å². The number of aliphatic carboxylic acids is 1. The Morgan fingerprint density at radius 3 is 1.18 bits per heavy atom. The summed E-state index contributed by atoms with van der Waals surface area (Å²) < 4.78 is 28.6. The molecule has 0 aliphatic carbocycles. The van der Waals surface area contributed by atoms with Crippen molar-refractivity contribution in [3.8, 4) is 0 Å². The van der Waals surface area contributed by atoms with E-state index in [0.717, 1.165) is 116 Å². The molecular weight excluding hydrogens is 1070 g/mol. The first-order chi connectivity index (χ1) is 41.6. The Labute approximate surface area is 517 Å². The average molecular weight is 1190 g/mol. The molecule has 1 rings (SSSR count). The van der Waals surface area contributed by atoms with Crippen molar-refractivity contribution in [2.24, 2.45) is 0 Å². The first kappa shape index (κ1) is 78.7. The van der Waals surface area contributed by atoms with Crippen LogP contribution >= 0.6 is 0 Å². The predicted octanol–water partition coefficient (Wildman–Crippen LogP) is 18.8. The second-order valence-corrected chi connectivity index (χ2v) is 23.1. The lowest BCUT2D eigenvalue weighted by atomic mass is 9.98. The Kier molecular flexibility index (Phi) is 55.5. The molecule has 0 bridgehead atoms. The van der Waals surface area contributed by atoms with Crippen molar-refractivity contribution >= 4 is 23.9 Å². The molecule has 486 valence electrons. The lowest BCUT2D eigenvalue weighted by molar-refractivity contribution is -0.301. The molecule has 1 aliphatic rings. The summed E-state index contributed by atoms with van der Waals surface area (Å²) in [6, 6.07) is 0. The molecule has 1 saturated heterocycles. The van der Waals surface area contributed by atoms with Gasteiger partial charge in [0.15, 0.2) is 24.6 Å². The quantitative estimate of drug-likeness (QED) is 0.0228. The molecule has 0 aromatic rings. The SMILES string of the molecule is CC/C=C\C/C=C\C/C=C\C/C=C\C/C=C\CCCCCC(=O)OC1C(OCC(COC(=O)CCCCCCCCCCC/C=C\CCCCCCCC)OC(=O)CCCCCCCCC/C=C\C/C=C\CCCCC)OC(C(=O)O)C(O)C1O. The number of carbonyl (C=O) groups excluding carboxylic acids is 3. The molecule has 6 atom stereocenters. The molecule has 3 N–H and O–H groups in total. The van der Waals surface area contributed by atoms with Crippen molar-refractivity contribution in [2.75, 3.05) is 13.2 Å². The number of rotatable bonds is 58. The highest BCUT2D eigenvalue weighted by Gasteiger charge is 2.50. The van der Waals surface area contributed by atoms with Crippen LogP contribution in [-0.2, 0) is 42.9 Å². The van der Waals surface area contributed by atoms with Gasteiger partial charge in [-0.15, -0.1) is 0 Å². The van der Waals surface area contributed by atoms with E-state index in [0.29, 0.717) is 19.3 Å². The van der Waals surface area contributed by atoms with Crippen LogP contribution in [-0.4, -0.2) is 89.2 Å². The maximum Gasteiger partial charge on any atom is 0.335 e. The van der Waals surface area contributed by atoms with Crippen LogP contribution in [0.3, 0.4) is 0 Å². The monoisotopic (exact) mass is 1190 g/mol. The number of carboxylic acid groups (broad SMARTS) is 1. The van der Waals surface area contributed by atoms with Crippen LogP contribution in [0.5, 0.6) is 0 Å². The van der Waals surface area contributed by atoms with Crippen molar-refractivity contribution < 1.29 is 58.2 Å². The number of carbonyl (C=O) groups is 4. The number of esters is 3. The molecule has 0 aromatic heterocycles. The third kappa shape index (κ3) is 49.3. The summed E-state index contributed by atoms with van der Waals surface area (Å²) in [5.74, 6) is -3.17. The summed E-state index contributed by atoms with van der Waals surface area (Å²) in [4.78, 5) is 51.4. The van der Waals surface area contributed by atoms with Crippen molar-refractivity contribution in [2.45, 2.75) is 327 Å². The highest BCUT2D eigenvalue weighted by Crippen LogP contribution is 2.27. The van der Waals surface area contributed by atoms with Crippen LogP contribution in [0.2, 0.25) is 0 Å². The zero-order chi connectivity index (χ0) is 61.7. The zero-order valence-electron chi connectivity index (χ0n) is 53.8. The number of ether oxygens (including phenoxy) is 5. The second kappa shape index (κ2) is 59.9. The number of allylic oxidation sites excluding steroid dienone is 16. The van der Waals surface area contributed by atoms with Crippen molar-refractivity contribution in [1.82, 2.24) is 0 Å². The fourth-order valence-corrected chi connectivity index (χ4v) is 9.89. The topological polar surface area (TPSA) is 175 Å². The highest BCUT2D eigenvalue weighted by atomic mass is 16.7. The summed E-state index contributed by atoms with van der Waals surface area (Å²) >= 11 is 0. The summed E-state index contributed by atoms with van der Waals surface area (Å²) in [6.45, 7) is 5.87. The van der Waals surface area contributed by atoms with Gasteiger partial charge in [-0.05, 0) is 122 Å². The Morgan fingerprint density at radius 1 is 0.400 bits per heavy atom.